The zero-order valence-electron chi connectivity index (χ0n) is 10.3. The van der Waals surface area contributed by atoms with E-state index in [1.54, 1.807) is 4.44 Å². The molecule has 1 heterocycles. The van der Waals surface area contributed by atoms with Crippen LogP contribution in [0.2, 0.25) is 0 Å². The van der Waals surface area contributed by atoms with E-state index in [0.717, 1.165) is 68.4 Å². The Hall–Kier alpha value is -0.515. The fourth-order valence-electron chi connectivity index (χ4n) is 2.46. The molecule has 0 saturated heterocycles. The summed E-state index contributed by atoms with van der Waals surface area (Å²) in [5, 5.41) is 0.801. The van der Waals surface area contributed by atoms with Crippen molar-refractivity contribution in [3.05, 3.63) is 42.6 Å². The summed E-state index contributed by atoms with van der Waals surface area (Å²) < 4.78 is 1.54. The summed E-state index contributed by atoms with van der Waals surface area (Å²) in [5.74, 6) is 0.326. The molecule has 0 amide bonds. The summed E-state index contributed by atoms with van der Waals surface area (Å²) >= 11 is 2.07. The van der Waals surface area contributed by atoms with Crippen LogP contribution in [0.5, 0.6) is 0 Å². The molecule has 1 aliphatic rings. The van der Waals surface area contributed by atoms with Gasteiger partial charge in [0, 0.05) is 17.2 Å². The Morgan fingerprint density at radius 3 is 2.71 bits per heavy atom. The van der Waals surface area contributed by atoms with E-state index in [1.807, 2.05) is 0 Å². The van der Waals surface area contributed by atoms with Crippen molar-refractivity contribution in [1.29, 1.82) is 0 Å². The van der Waals surface area contributed by atoms with E-state index in [0.29, 0.717) is 5.92 Å². The lowest BCUT2D eigenvalue weighted by molar-refractivity contribution is 0.585. The lowest BCUT2D eigenvalue weighted by Crippen LogP contribution is -2.29. The summed E-state index contributed by atoms with van der Waals surface area (Å²) in [7, 11) is 0. The normalized spacial score (nSPS) is 20.0. The minimum absolute atomic E-state index is 0.195. The van der Waals surface area contributed by atoms with E-state index in [2.05, 4.69) is 16.0 Å². The third kappa shape index (κ3) is 2.84. The van der Waals surface area contributed by atoms with Gasteiger partial charge in [-0.2, -0.15) is 0 Å². The highest BCUT2D eigenvalue weighted by Crippen LogP contribution is 2.30. The predicted octanol–water partition coefficient (Wildman–Crippen LogP) is -1.02. The molecule has 1 aliphatic carbocycles. The fraction of sp³-hybridized carbons (Fsp3) is 0.455. The Balaban J connectivity index is 2.45. The van der Waals surface area contributed by atoms with Gasteiger partial charge in [-0.3, -0.25) is 9.78 Å². The van der Waals surface area contributed by atoms with Gasteiger partial charge in [-0.15, -0.1) is 10.5 Å². The van der Waals surface area contributed by atoms with Crippen LogP contribution in [0.1, 0.15) is 36.4 Å². The smallest absolute Gasteiger partial charge is 0.311 e. The molecule has 1 aromatic heterocycles. The molecule has 2 N–H and O–H groups in total. The van der Waals surface area contributed by atoms with Gasteiger partial charge in [0.1, 0.15) is 0 Å². The molecule has 17 heavy (non-hydrogen) atoms. The van der Waals surface area contributed by atoms with Gasteiger partial charge in [-0.1, -0.05) is 5.28 Å². The summed E-state index contributed by atoms with van der Waals surface area (Å²) in [4.78, 5) is 28.3. The largest absolute Gasteiger partial charge is 0.325 e. The molecule has 0 spiro atoms. The van der Waals surface area contributed by atoms with Crippen molar-refractivity contribution in [3.63, 3.8) is 0 Å². The SMILES string of the molecule is O=c1[nH]c(C2CC=[C]([AlH2])CC2)c([CH2][AlH2])c(=O)[nH]1. The third-order valence-electron chi connectivity index (χ3n) is 3.47. The van der Waals surface area contributed by atoms with Crippen molar-refractivity contribution < 1.29 is 0 Å². The summed E-state index contributed by atoms with van der Waals surface area (Å²) in [6, 6.07) is 0. The van der Waals surface area contributed by atoms with E-state index >= 15 is 0 Å². The number of aromatic nitrogens is 2. The molecular formula is C11H16Al2N2O2. The van der Waals surface area contributed by atoms with Crippen LogP contribution in [0.25, 0.3) is 0 Å². The number of hydrogen-bond acceptors (Lipinski definition) is 2. The van der Waals surface area contributed by atoms with Crippen molar-refractivity contribution in [3.8, 4) is 0 Å². The number of nitrogens with one attached hydrogen (secondary N) is 2. The highest BCUT2D eigenvalue weighted by molar-refractivity contribution is 6.21. The van der Waals surface area contributed by atoms with Gasteiger partial charge in [0.15, 0.2) is 0 Å². The number of aromatic amines is 2. The topological polar surface area (TPSA) is 65.7 Å². The number of H-pyrrole nitrogens is 2. The maximum atomic E-state index is 11.7. The van der Waals surface area contributed by atoms with Gasteiger partial charge < -0.3 is 4.98 Å². The standard InChI is InChI=1S/C11H12N2O2.2Al.4H/c1-7-9(8-5-3-2-4-6-8)12-11(15)13-10(7)14;;;;;;/h3,8H,1,4-6H2,(H2,12,13,14,15);;;;;;. The maximum absolute atomic E-state index is 11.7. The van der Waals surface area contributed by atoms with Gasteiger partial charge in [-0.25, -0.2) is 4.79 Å². The Kier molecular flexibility index (Phi) is 4.12. The van der Waals surface area contributed by atoms with Crippen molar-refractivity contribution >= 4 is 32.6 Å². The number of rotatable bonds is 2. The molecule has 0 bridgehead atoms. The number of hydrogen-bond donors (Lipinski definition) is 2. The maximum Gasteiger partial charge on any atom is 0.325 e. The van der Waals surface area contributed by atoms with Crippen LogP contribution in [0.3, 0.4) is 0 Å². The first-order valence-corrected chi connectivity index (χ1v) is 8.54. The van der Waals surface area contributed by atoms with Crippen LogP contribution < -0.4 is 11.2 Å². The second-order valence-corrected chi connectivity index (χ2v) is 6.67. The molecule has 1 unspecified atom stereocenters. The summed E-state index contributed by atoms with van der Waals surface area (Å²) in [6.07, 6.45) is 5.42. The van der Waals surface area contributed by atoms with Crippen molar-refractivity contribution in [1.82, 2.24) is 9.97 Å². The zero-order chi connectivity index (χ0) is 12.4. The van der Waals surface area contributed by atoms with Crippen LogP contribution in [0, 0.1) is 0 Å². The fourth-order valence-corrected chi connectivity index (χ4v) is 3.68. The Morgan fingerprint density at radius 2 is 2.12 bits per heavy atom. The molecule has 4 nitrogen and oxygen atoms in total. The zero-order valence-corrected chi connectivity index (χ0v) is 14.3. The van der Waals surface area contributed by atoms with Gasteiger partial charge in [-0.05, 0) is 19.3 Å². The van der Waals surface area contributed by atoms with Crippen LogP contribution in [-0.4, -0.2) is 42.5 Å². The monoisotopic (exact) mass is 262 g/mol. The highest BCUT2D eigenvalue weighted by Gasteiger charge is 2.19. The number of allylic oxidation sites excluding steroid dienone is 2. The highest BCUT2D eigenvalue weighted by atomic mass is 27.1. The predicted molar refractivity (Wildman–Crippen MR) is 73.2 cm³/mol. The first-order chi connectivity index (χ1) is 8.11. The molecule has 0 aromatic carbocycles. The lowest BCUT2D eigenvalue weighted by Gasteiger charge is -2.22. The van der Waals surface area contributed by atoms with E-state index in [9.17, 15) is 9.59 Å². The molecule has 1 atom stereocenters. The molecule has 0 radical (unpaired) electrons. The minimum atomic E-state index is -0.371. The van der Waals surface area contributed by atoms with E-state index in [1.165, 1.54) is 0 Å². The van der Waals surface area contributed by atoms with E-state index < -0.39 is 0 Å². The van der Waals surface area contributed by atoms with Crippen molar-refractivity contribution in [2.24, 2.45) is 0 Å². The van der Waals surface area contributed by atoms with E-state index in [-0.39, 0.29) is 11.2 Å². The minimum Gasteiger partial charge on any atom is -0.311 e. The van der Waals surface area contributed by atoms with Gasteiger partial charge in [0.05, 0.1) is 0 Å². The van der Waals surface area contributed by atoms with Crippen molar-refractivity contribution in [2.45, 2.75) is 30.5 Å². The second-order valence-electron chi connectivity index (χ2n) is 4.68. The summed E-state index contributed by atoms with van der Waals surface area (Å²) in [6.45, 7) is 0. The first-order valence-electron chi connectivity index (χ1n) is 6.12. The Labute approximate surface area is 115 Å². The lowest BCUT2D eigenvalue weighted by atomic mass is 9.89. The van der Waals surface area contributed by atoms with Crippen LogP contribution in [0.4, 0.5) is 0 Å². The average molecular weight is 262 g/mol. The van der Waals surface area contributed by atoms with E-state index in [4.69, 9.17) is 0 Å². The van der Waals surface area contributed by atoms with Crippen LogP contribution in [-0.2, 0) is 5.28 Å². The Morgan fingerprint density at radius 1 is 1.35 bits per heavy atom. The molecule has 2 rings (SSSR count). The second kappa shape index (κ2) is 5.42. The van der Waals surface area contributed by atoms with Crippen molar-refractivity contribution in [2.75, 3.05) is 0 Å². The van der Waals surface area contributed by atoms with Gasteiger partial charge in [0.2, 0.25) is 16.3 Å². The molecule has 0 aliphatic heterocycles. The molecule has 88 valence electrons. The molecule has 1 aromatic rings. The first kappa shape index (κ1) is 12.9. The average Bonchev–Trinajstić information content (AvgIpc) is 2.29. The molecule has 0 saturated carbocycles. The summed E-state index contributed by atoms with van der Waals surface area (Å²) in [5.41, 5.74) is 1.12. The molecule has 0 fully saturated rings. The Bertz CT molecular complexity index is 559. The van der Waals surface area contributed by atoms with Gasteiger partial charge in [0.25, 0.3) is 21.8 Å². The molecule has 6 heteroatoms. The third-order valence-corrected chi connectivity index (χ3v) is 5.09. The van der Waals surface area contributed by atoms with Crippen LogP contribution in [0.15, 0.2) is 20.1 Å². The molecular weight excluding hydrogens is 246 g/mol. The quantitative estimate of drug-likeness (QED) is 0.670. The van der Waals surface area contributed by atoms with Gasteiger partial charge >= 0.3 is 5.69 Å². The van der Waals surface area contributed by atoms with Crippen LogP contribution >= 0.6 is 0 Å².